The molecule has 26 heavy (non-hydrogen) atoms. The molecule has 0 bridgehead atoms. The second kappa shape index (κ2) is 7.38. The predicted molar refractivity (Wildman–Crippen MR) is 98.2 cm³/mol. The summed E-state index contributed by atoms with van der Waals surface area (Å²) in [6, 6.07) is 10.1. The molecule has 1 spiro atoms. The zero-order chi connectivity index (χ0) is 18.0. The lowest BCUT2D eigenvalue weighted by Gasteiger charge is -2.36. The molecule has 2 saturated heterocycles. The summed E-state index contributed by atoms with van der Waals surface area (Å²) in [5.41, 5.74) is 2.12. The van der Waals surface area contributed by atoms with E-state index in [1.54, 1.807) is 0 Å². The van der Waals surface area contributed by atoms with Crippen molar-refractivity contribution in [3.05, 3.63) is 35.4 Å². The van der Waals surface area contributed by atoms with Gasteiger partial charge in [-0.1, -0.05) is 18.6 Å². The molecule has 4 rings (SSSR count). The number of morpholine rings is 1. The summed E-state index contributed by atoms with van der Waals surface area (Å²) in [4.78, 5) is 17.6. The number of carbonyl (C=O) groups excluding carboxylic acids is 1. The molecule has 1 aliphatic carbocycles. The number of likely N-dealkylation sites (tertiary alicyclic amines) is 1. The lowest BCUT2D eigenvalue weighted by Crippen LogP contribution is -2.47. The van der Waals surface area contributed by atoms with Crippen LogP contribution in [0.15, 0.2) is 24.3 Å². The Labute approximate surface area is 155 Å². The highest BCUT2D eigenvalue weighted by Gasteiger charge is 2.51. The van der Waals surface area contributed by atoms with E-state index in [1.807, 2.05) is 17.0 Å². The Balaban J connectivity index is 1.41. The number of nitriles is 1. The van der Waals surface area contributed by atoms with E-state index in [0.717, 1.165) is 45.6 Å². The zero-order valence-corrected chi connectivity index (χ0v) is 15.3. The number of hydrogen-bond acceptors (Lipinski definition) is 4. The van der Waals surface area contributed by atoms with Crippen molar-refractivity contribution >= 4 is 5.91 Å². The predicted octanol–water partition coefficient (Wildman–Crippen LogP) is 2.41. The Hall–Kier alpha value is -1.90. The van der Waals surface area contributed by atoms with Gasteiger partial charge in [0.2, 0.25) is 5.91 Å². The summed E-state index contributed by atoms with van der Waals surface area (Å²) in [6.45, 7) is 5.85. The first kappa shape index (κ1) is 17.5. The summed E-state index contributed by atoms with van der Waals surface area (Å²) < 4.78 is 5.41. The molecule has 138 valence electrons. The standard InChI is InChI=1S/C21H27N3O2/c22-14-17-3-5-18(6-4-17)15-23-9-8-21(16-23)7-1-2-19(21)20(25)24-10-12-26-13-11-24/h3-6,19H,1-2,7-13,15-16H2/t19-,21-/m0/s1. The second-order valence-corrected chi connectivity index (χ2v) is 8.01. The van der Waals surface area contributed by atoms with Gasteiger partial charge in [-0.3, -0.25) is 9.69 Å². The molecule has 5 heteroatoms. The van der Waals surface area contributed by atoms with E-state index in [1.165, 1.54) is 18.4 Å². The molecule has 2 aliphatic heterocycles. The first-order valence-electron chi connectivity index (χ1n) is 9.78. The maximum Gasteiger partial charge on any atom is 0.226 e. The minimum absolute atomic E-state index is 0.169. The Morgan fingerprint density at radius 1 is 1.19 bits per heavy atom. The minimum Gasteiger partial charge on any atom is -0.378 e. The van der Waals surface area contributed by atoms with Crippen LogP contribution in [-0.4, -0.2) is 55.1 Å². The lowest BCUT2D eigenvalue weighted by atomic mass is 9.76. The van der Waals surface area contributed by atoms with Crippen LogP contribution in [0.3, 0.4) is 0 Å². The van der Waals surface area contributed by atoms with Gasteiger partial charge in [0.25, 0.3) is 0 Å². The van der Waals surface area contributed by atoms with Gasteiger partial charge in [-0.05, 0) is 48.9 Å². The molecule has 5 nitrogen and oxygen atoms in total. The molecule has 1 aromatic carbocycles. The fourth-order valence-corrected chi connectivity index (χ4v) is 5.08. The largest absolute Gasteiger partial charge is 0.378 e. The smallest absolute Gasteiger partial charge is 0.226 e. The molecule has 3 aliphatic rings. The van der Waals surface area contributed by atoms with E-state index in [-0.39, 0.29) is 11.3 Å². The second-order valence-electron chi connectivity index (χ2n) is 8.01. The molecule has 1 amide bonds. The first-order valence-corrected chi connectivity index (χ1v) is 9.78. The van der Waals surface area contributed by atoms with Crippen LogP contribution in [0.5, 0.6) is 0 Å². The molecule has 0 aromatic heterocycles. The van der Waals surface area contributed by atoms with E-state index in [2.05, 4.69) is 23.1 Å². The molecule has 2 heterocycles. The topological polar surface area (TPSA) is 56.6 Å². The number of amides is 1. The van der Waals surface area contributed by atoms with Gasteiger partial charge in [0.15, 0.2) is 0 Å². The SMILES string of the molecule is N#Cc1ccc(CN2CC[C@@]3(CCC[C@H]3C(=O)N3CCOCC3)C2)cc1. The van der Waals surface area contributed by atoms with Crippen LogP contribution >= 0.6 is 0 Å². The van der Waals surface area contributed by atoms with Crippen molar-refractivity contribution in [1.82, 2.24) is 9.80 Å². The molecule has 0 radical (unpaired) electrons. The van der Waals surface area contributed by atoms with Crippen LogP contribution in [0, 0.1) is 22.7 Å². The van der Waals surface area contributed by atoms with Crippen molar-refractivity contribution in [3.8, 4) is 6.07 Å². The van der Waals surface area contributed by atoms with Crippen LogP contribution < -0.4 is 0 Å². The number of hydrogen-bond donors (Lipinski definition) is 0. The molecular formula is C21H27N3O2. The van der Waals surface area contributed by atoms with Crippen molar-refractivity contribution in [1.29, 1.82) is 5.26 Å². The maximum atomic E-state index is 13.1. The fraction of sp³-hybridized carbons (Fsp3) is 0.619. The van der Waals surface area contributed by atoms with Crippen LogP contribution in [-0.2, 0) is 16.1 Å². The van der Waals surface area contributed by atoms with Crippen LogP contribution in [0.25, 0.3) is 0 Å². The van der Waals surface area contributed by atoms with Crippen molar-refractivity contribution in [3.63, 3.8) is 0 Å². The third-order valence-electron chi connectivity index (χ3n) is 6.48. The van der Waals surface area contributed by atoms with Crippen molar-refractivity contribution in [2.45, 2.75) is 32.2 Å². The fourth-order valence-electron chi connectivity index (χ4n) is 5.08. The van der Waals surface area contributed by atoms with Gasteiger partial charge in [-0.2, -0.15) is 5.26 Å². The van der Waals surface area contributed by atoms with Crippen LogP contribution in [0.2, 0.25) is 0 Å². The molecule has 0 unspecified atom stereocenters. The first-order chi connectivity index (χ1) is 12.7. The molecular weight excluding hydrogens is 326 g/mol. The third-order valence-corrected chi connectivity index (χ3v) is 6.48. The maximum absolute atomic E-state index is 13.1. The zero-order valence-electron chi connectivity index (χ0n) is 15.3. The summed E-state index contributed by atoms with van der Waals surface area (Å²) in [5.74, 6) is 0.553. The number of rotatable bonds is 3. The molecule has 2 atom stereocenters. The van der Waals surface area contributed by atoms with Crippen molar-refractivity contribution in [2.24, 2.45) is 11.3 Å². The minimum atomic E-state index is 0.169. The van der Waals surface area contributed by atoms with Crippen molar-refractivity contribution in [2.75, 3.05) is 39.4 Å². The van der Waals surface area contributed by atoms with E-state index < -0.39 is 0 Å². The van der Waals surface area contributed by atoms with Crippen LogP contribution in [0.1, 0.15) is 36.8 Å². The Morgan fingerprint density at radius 2 is 1.96 bits per heavy atom. The Kier molecular flexibility index (Phi) is 4.97. The van der Waals surface area contributed by atoms with E-state index in [9.17, 15) is 4.79 Å². The highest BCUT2D eigenvalue weighted by Crippen LogP contribution is 2.50. The molecule has 1 aromatic rings. The van der Waals surface area contributed by atoms with E-state index >= 15 is 0 Å². The summed E-state index contributed by atoms with van der Waals surface area (Å²) in [6.07, 6.45) is 4.52. The van der Waals surface area contributed by atoms with Crippen molar-refractivity contribution < 1.29 is 9.53 Å². The van der Waals surface area contributed by atoms with Gasteiger partial charge in [0, 0.05) is 32.1 Å². The third kappa shape index (κ3) is 3.36. The van der Waals surface area contributed by atoms with E-state index in [0.29, 0.717) is 24.7 Å². The number of ether oxygens (including phenoxy) is 1. The van der Waals surface area contributed by atoms with Gasteiger partial charge < -0.3 is 9.64 Å². The number of carbonyl (C=O) groups is 1. The Bertz CT molecular complexity index is 690. The van der Waals surface area contributed by atoms with Gasteiger partial charge in [0.1, 0.15) is 0 Å². The van der Waals surface area contributed by atoms with Gasteiger partial charge >= 0.3 is 0 Å². The van der Waals surface area contributed by atoms with Gasteiger partial charge in [-0.25, -0.2) is 0 Å². The molecule has 1 saturated carbocycles. The highest BCUT2D eigenvalue weighted by atomic mass is 16.5. The number of benzene rings is 1. The quantitative estimate of drug-likeness (QED) is 0.837. The molecule has 0 N–H and O–H groups in total. The Morgan fingerprint density at radius 3 is 2.69 bits per heavy atom. The summed E-state index contributed by atoms with van der Waals surface area (Å²) in [7, 11) is 0. The average Bonchev–Trinajstić information content (AvgIpc) is 3.29. The normalized spacial score (nSPS) is 29.2. The molecule has 3 fully saturated rings. The summed E-state index contributed by atoms with van der Waals surface area (Å²) in [5, 5.41) is 8.94. The lowest BCUT2D eigenvalue weighted by molar-refractivity contribution is -0.143. The van der Waals surface area contributed by atoms with E-state index in [4.69, 9.17) is 10.00 Å². The summed E-state index contributed by atoms with van der Waals surface area (Å²) >= 11 is 0. The average molecular weight is 353 g/mol. The highest BCUT2D eigenvalue weighted by molar-refractivity contribution is 5.80. The monoisotopic (exact) mass is 353 g/mol. The number of nitrogens with zero attached hydrogens (tertiary/aromatic N) is 3. The van der Waals surface area contributed by atoms with Crippen LogP contribution in [0.4, 0.5) is 0 Å². The van der Waals surface area contributed by atoms with Gasteiger partial charge in [-0.15, -0.1) is 0 Å². The van der Waals surface area contributed by atoms with Gasteiger partial charge in [0.05, 0.1) is 24.8 Å².